The first-order valence-corrected chi connectivity index (χ1v) is 7.94. The van der Waals surface area contributed by atoms with Crippen LogP contribution in [-0.4, -0.2) is 17.7 Å². The Bertz CT molecular complexity index is 760. The van der Waals surface area contributed by atoms with Gasteiger partial charge in [-0.1, -0.05) is 22.0 Å². The monoisotopic (exact) mass is 389 g/mol. The van der Waals surface area contributed by atoms with Crippen molar-refractivity contribution in [3.8, 4) is 0 Å². The second-order valence-corrected chi connectivity index (χ2v) is 5.96. The summed E-state index contributed by atoms with van der Waals surface area (Å²) in [5.74, 6) is -1.05. The van der Waals surface area contributed by atoms with Gasteiger partial charge in [0.1, 0.15) is 6.42 Å². The maximum Gasteiger partial charge on any atom is 0.233 e. The Labute approximate surface area is 147 Å². The summed E-state index contributed by atoms with van der Waals surface area (Å²) >= 11 is 3.31. The van der Waals surface area contributed by atoms with Gasteiger partial charge in [-0.3, -0.25) is 14.4 Å². The summed E-state index contributed by atoms with van der Waals surface area (Å²) in [5, 5.41) is 7.89. The van der Waals surface area contributed by atoms with Crippen molar-refractivity contribution in [2.24, 2.45) is 0 Å². The van der Waals surface area contributed by atoms with Crippen LogP contribution in [0.3, 0.4) is 0 Å². The molecule has 6 nitrogen and oxygen atoms in total. The first kappa shape index (κ1) is 17.7. The Morgan fingerprint density at radius 1 is 0.833 bits per heavy atom. The number of benzene rings is 2. The lowest BCUT2D eigenvalue weighted by atomic mass is 10.2. The summed E-state index contributed by atoms with van der Waals surface area (Å²) in [6.07, 6.45) is -0.305. The van der Waals surface area contributed by atoms with Gasteiger partial charge < -0.3 is 16.0 Å². The molecule has 0 unspecified atom stereocenters. The normalized spacial score (nSPS) is 9.92. The van der Waals surface area contributed by atoms with Crippen LogP contribution >= 0.6 is 15.9 Å². The SMILES string of the molecule is CC(=O)Nc1cccc(NC(=O)CC(=O)Nc2ccc(Br)cc2)c1. The maximum atomic E-state index is 11.9. The third-order valence-electron chi connectivity index (χ3n) is 2.92. The molecule has 0 aliphatic carbocycles. The van der Waals surface area contributed by atoms with Crippen molar-refractivity contribution in [3.05, 3.63) is 53.0 Å². The predicted octanol–water partition coefficient (Wildman–Crippen LogP) is 3.37. The van der Waals surface area contributed by atoms with Gasteiger partial charge in [-0.2, -0.15) is 0 Å². The molecular weight excluding hydrogens is 374 g/mol. The van der Waals surface area contributed by atoms with Crippen LogP contribution in [0.2, 0.25) is 0 Å². The van der Waals surface area contributed by atoms with E-state index in [1.54, 1.807) is 48.5 Å². The van der Waals surface area contributed by atoms with Gasteiger partial charge in [-0.15, -0.1) is 0 Å². The first-order valence-electron chi connectivity index (χ1n) is 7.15. The fraction of sp³-hybridized carbons (Fsp3) is 0.118. The van der Waals surface area contributed by atoms with E-state index in [4.69, 9.17) is 0 Å². The van der Waals surface area contributed by atoms with Crippen molar-refractivity contribution in [1.29, 1.82) is 0 Å². The summed E-state index contributed by atoms with van der Waals surface area (Å²) in [5.41, 5.74) is 1.69. The van der Waals surface area contributed by atoms with Crippen LogP contribution in [0.5, 0.6) is 0 Å². The van der Waals surface area contributed by atoms with Crippen LogP contribution in [0.15, 0.2) is 53.0 Å². The molecule has 3 amide bonds. The highest BCUT2D eigenvalue weighted by Gasteiger charge is 2.10. The van der Waals surface area contributed by atoms with Crippen molar-refractivity contribution in [1.82, 2.24) is 0 Å². The molecule has 0 heterocycles. The number of carbonyl (C=O) groups is 3. The molecule has 0 bridgehead atoms. The second kappa shape index (κ2) is 8.26. The van der Waals surface area contributed by atoms with Crippen LogP contribution in [0, 0.1) is 0 Å². The van der Waals surface area contributed by atoms with E-state index >= 15 is 0 Å². The molecule has 7 heteroatoms. The fourth-order valence-corrected chi connectivity index (χ4v) is 2.23. The Balaban J connectivity index is 1.89. The number of carbonyl (C=O) groups excluding carboxylic acids is 3. The minimum absolute atomic E-state index is 0.202. The van der Waals surface area contributed by atoms with E-state index < -0.39 is 11.8 Å². The first-order chi connectivity index (χ1) is 11.4. The zero-order valence-corrected chi connectivity index (χ0v) is 14.5. The quantitative estimate of drug-likeness (QED) is 0.684. The molecule has 3 N–H and O–H groups in total. The van der Waals surface area contributed by atoms with Crippen LogP contribution in [-0.2, 0) is 14.4 Å². The van der Waals surface area contributed by atoms with Crippen molar-refractivity contribution < 1.29 is 14.4 Å². The van der Waals surface area contributed by atoms with Gasteiger partial charge in [0.2, 0.25) is 17.7 Å². The van der Waals surface area contributed by atoms with Gasteiger partial charge in [0.15, 0.2) is 0 Å². The highest BCUT2D eigenvalue weighted by atomic mass is 79.9. The molecule has 0 spiro atoms. The fourth-order valence-electron chi connectivity index (χ4n) is 1.97. The number of anilines is 3. The predicted molar refractivity (Wildman–Crippen MR) is 96.8 cm³/mol. The Hall–Kier alpha value is -2.67. The molecule has 0 fully saturated rings. The summed E-state index contributed by atoms with van der Waals surface area (Å²) in [7, 11) is 0. The summed E-state index contributed by atoms with van der Waals surface area (Å²) in [6.45, 7) is 1.40. The smallest absolute Gasteiger partial charge is 0.233 e. The highest BCUT2D eigenvalue weighted by molar-refractivity contribution is 9.10. The van der Waals surface area contributed by atoms with Crippen molar-refractivity contribution >= 4 is 50.7 Å². The van der Waals surface area contributed by atoms with Gasteiger partial charge in [0.25, 0.3) is 0 Å². The van der Waals surface area contributed by atoms with Gasteiger partial charge in [-0.05, 0) is 42.5 Å². The standard InChI is InChI=1S/C17H16BrN3O3/c1-11(22)19-14-3-2-4-15(9-14)21-17(24)10-16(23)20-13-7-5-12(18)6-8-13/h2-9H,10H2,1H3,(H,19,22)(H,20,23)(H,21,24). The molecule has 2 rings (SSSR count). The average Bonchev–Trinajstić information content (AvgIpc) is 2.49. The molecular formula is C17H16BrN3O3. The van der Waals surface area contributed by atoms with Gasteiger partial charge in [-0.25, -0.2) is 0 Å². The van der Waals surface area contributed by atoms with Gasteiger partial charge in [0, 0.05) is 28.5 Å². The lowest BCUT2D eigenvalue weighted by Gasteiger charge is -2.08. The molecule has 0 atom stereocenters. The van der Waals surface area contributed by atoms with Gasteiger partial charge in [0.05, 0.1) is 0 Å². The highest BCUT2D eigenvalue weighted by Crippen LogP contribution is 2.16. The number of amides is 3. The zero-order valence-electron chi connectivity index (χ0n) is 12.9. The minimum atomic E-state index is -0.440. The Kier molecular flexibility index (Phi) is 6.08. The molecule has 124 valence electrons. The van der Waals surface area contributed by atoms with E-state index in [0.717, 1.165) is 4.47 Å². The molecule has 2 aromatic rings. The van der Waals surface area contributed by atoms with Crippen LogP contribution in [0.25, 0.3) is 0 Å². The Morgan fingerprint density at radius 3 is 1.96 bits per heavy atom. The van der Waals surface area contributed by atoms with E-state index in [9.17, 15) is 14.4 Å². The molecule has 0 aromatic heterocycles. The molecule has 0 saturated heterocycles. The van der Waals surface area contributed by atoms with Crippen molar-refractivity contribution in [2.75, 3.05) is 16.0 Å². The van der Waals surface area contributed by atoms with Crippen LogP contribution in [0.4, 0.5) is 17.1 Å². The van der Waals surface area contributed by atoms with E-state index in [1.165, 1.54) is 6.92 Å². The van der Waals surface area contributed by atoms with E-state index in [2.05, 4.69) is 31.9 Å². The minimum Gasteiger partial charge on any atom is -0.326 e. The summed E-state index contributed by atoms with van der Waals surface area (Å²) < 4.78 is 0.900. The molecule has 2 aromatic carbocycles. The third kappa shape index (κ3) is 5.85. The lowest BCUT2D eigenvalue weighted by molar-refractivity contribution is -0.123. The summed E-state index contributed by atoms with van der Waals surface area (Å²) in [6, 6.07) is 13.8. The van der Waals surface area contributed by atoms with Crippen LogP contribution in [0.1, 0.15) is 13.3 Å². The second-order valence-electron chi connectivity index (χ2n) is 5.04. The number of halogens is 1. The molecule has 0 aliphatic rings. The average molecular weight is 390 g/mol. The van der Waals surface area contributed by atoms with E-state index in [0.29, 0.717) is 17.1 Å². The zero-order chi connectivity index (χ0) is 17.5. The Morgan fingerprint density at radius 2 is 1.38 bits per heavy atom. The number of rotatable bonds is 5. The molecule has 0 radical (unpaired) electrons. The summed E-state index contributed by atoms with van der Waals surface area (Å²) in [4.78, 5) is 34.8. The third-order valence-corrected chi connectivity index (χ3v) is 3.44. The van der Waals surface area contributed by atoms with Crippen molar-refractivity contribution in [3.63, 3.8) is 0 Å². The van der Waals surface area contributed by atoms with Crippen LogP contribution < -0.4 is 16.0 Å². The van der Waals surface area contributed by atoms with Gasteiger partial charge >= 0.3 is 0 Å². The topological polar surface area (TPSA) is 87.3 Å². The largest absolute Gasteiger partial charge is 0.326 e. The number of hydrogen-bond donors (Lipinski definition) is 3. The number of nitrogens with one attached hydrogen (secondary N) is 3. The molecule has 24 heavy (non-hydrogen) atoms. The lowest BCUT2D eigenvalue weighted by Crippen LogP contribution is -2.21. The number of hydrogen-bond acceptors (Lipinski definition) is 3. The molecule has 0 saturated carbocycles. The molecule has 0 aliphatic heterocycles. The van der Waals surface area contributed by atoms with E-state index in [1.807, 2.05) is 0 Å². The maximum absolute atomic E-state index is 11.9. The van der Waals surface area contributed by atoms with E-state index in [-0.39, 0.29) is 12.3 Å². The van der Waals surface area contributed by atoms with Crippen molar-refractivity contribution in [2.45, 2.75) is 13.3 Å².